The van der Waals surface area contributed by atoms with Gasteiger partial charge in [0, 0.05) is 42.9 Å². The van der Waals surface area contributed by atoms with Crippen LogP contribution in [0.2, 0.25) is 0 Å². The second-order valence-corrected chi connectivity index (χ2v) is 6.57. The minimum absolute atomic E-state index is 0.0408. The standard InChI is InChI=1S/C14H15BrN6O2/c15-9-1-2-10-5-12(18-21(10)7-9)17-14(23)19-3-4-20-11(8-19)6-16-13(20)22/h1-2,5,7,11H,3-4,6,8H2,(H,16,22)(H,17,18,23). The first-order valence-corrected chi connectivity index (χ1v) is 8.15. The lowest BCUT2D eigenvalue weighted by atomic mass is 10.2. The van der Waals surface area contributed by atoms with Gasteiger partial charge in [-0.15, -0.1) is 5.10 Å². The molecule has 0 radical (unpaired) electrons. The van der Waals surface area contributed by atoms with Crippen molar-refractivity contribution in [3.8, 4) is 0 Å². The molecule has 2 aliphatic heterocycles. The minimum atomic E-state index is -0.188. The van der Waals surface area contributed by atoms with E-state index in [1.807, 2.05) is 24.4 Å². The van der Waals surface area contributed by atoms with Gasteiger partial charge in [-0.25, -0.2) is 14.1 Å². The number of nitrogens with one attached hydrogen (secondary N) is 2. The highest BCUT2D eigenvalue weighted by atomic mass is 79.9. The molecule has 2 aromatic rings. The number of amides is 4. The highest BCUT2D eigenvalue weighted by molar-refractivity contribution is 9.10. The summed E-state index contributed by atoms with van der Waals surface area (Å²) in [7, 11) is 0. The number of carbonyl (C=O) groups is 2. The number of hydrogen-bond donors (Lipinski definition) is 2. The molecular formula is C14H15BrN6O2. The maximum atomic E-state index is 12.4. The first-order valence-electron chi connectivity index (χ1n) is 7.35. The fourth-order valence-electron chi connectivity index (χ4n) is 3.00. The van der Waals surface area contributed by atoms with Gasteiger partial charge < -0.3 is 15.1 Å². The topological polar surface area (TPSA) is 82.0 Å². The van der Waals surface area contributed by atoms with Gasteiger partial charge in [0.2, 0.25) is 0 Å². The van der Waals surface area contributed by atoms with Crippen molar-refractivity contribution in [1.82, 2.24) is 24.7 Å². The van der Waals surface area contributed by atoms with Gasteiger partial charge in [0.25, 0.3) is 0 Å². The van der Waals surface area contributed by atoms with Gasteiger partial charge in [0.15, 0.2) is 5.82 Å². The maximum Gasteiger partial charge on any atom is 0.323 e. The fourth-order valence-corrected chi connectivity index (χ4v) is 3.33. The number of nitrogens with zero attached hydrogens (tertiary/aromatic N) is 4. The summed E-state index contributed by atoms with van der Waals surface area (Å²) in [5, 5.41) is 9.97. The number of urea groups is 2. The summed E-state index contributed by atoms with van der Waals surface area (Å²) in [5.41, 5.74) is 0.902. The van der Waals surface area contributed by atoms with Gasteiger partial charge in [-0.2, -0.15) is 0 Å². The maximum absolute atomic E-state index is 12.4. The number of halogens is 1. The van der Waals surface area contributed by atoms with Crippen molar-refractivity contribution in [3.05, 3.63) is 28.9 Å². The van der Waals surface area contributed by atoms with Crippen LogP contribution in [0.4, 0.5) is 15.4 Å². The molecule has 0 bridgehead atoms. The zero-order valence-corrected chi connectivity index (χ0v) is 13.8. The van der Waals surface area contributed by atoms with Crippen molar-refractivity contribution >= 4 is 39.3 Å². The molecule has 2 saturated heterocycles. The number of aromatic nitrogens is 2. The molecule has 2 N–H and O–H groups in total. The molecule has 1 unspecified atom stereocenters. The third-order valence-electron chi connectivity index (χ3n) is 4.18. The molecule has 2 fully saturated rings. The molecule has 23 heavy (non-hydrogen) atoms. The number of rotatable bonds is 1. The summed E-state index contributed by atoms with van der Waals surface area (Å²) in [6.07, 6.45) is 1.83. The number of pyridine rings is 1. The summed E-state index contributed by atoms with van der Waals surface area (Å²) in [5.74, 6) is 0.510. The lowest BCUT2D eigenvalue weighted by Crippen LogP contribution is -2.54. The first-order chi connectivity index (χ1) is 11.1. The van der Waals surface area contributed by atoms with Crippen molar-refractivity contribution in [2.45, 2.75) is 6.04 Å². The Labute approximate surface area is 140 Å². The van der Waals surface area contributed by atoms with E-state index in [1.165, 1.54) is 0 Å². The summed E-state index contributed by atoms with van der Waals surface area (Å²) in [6.45, 7) is 2.20. The van der Waals surface area contributed by atoms with E-state index in [0.29, 0.717) is 32.0 Å². The van der Waals surface area contributed by atoms with Crippen molar-refractivity contribution in [1.29, 1.82) is 0 Å². The van der Waals surface area contributed by atoms with E-state index in [4.69, 9.17) is 0 Å². The van der Waals surface area contributed by atoms with Gasteiger partial charge in [-0.1, -0.05) is 0 Å². The third-order valence-corrected chi connectivity index (χ3v) is 4.65. The van der Waals surface area contributed by atoms with Gasteiger partial charge in [0.05, 0.1) is 11.6 Å². The smallest absolute Gasteiger partial charge is 0.323 e. The van der Waals surface area contributed by atoms with Crippen LogP contribution in [0.5, 0.6) is 0 Å². The highest BCUT2D eigenvalue weighted by Crippen LogP contribution is 2.18. The van der Waals surface area contributed by atoms with Gasteiger partial charge in [0.1, 0.15) is 0 Å². The van der Waals surface area contributed by atoms with Gasteiger partial charge >= 0.3 is 12.1 Å². The second kappa shape index (κ2) is 5.41. The Morgan fingerprint density at radius 2 is 2.26 bits per heavy atom. The average molecular weight is 379 g/mol. The zero-order valence-electron chi connectivity index (χ0n) is 12.2. The van der Waals surface area contributed by atoms with E-state index in [0.717, 1.165) is 9.99 Å². The zero-order chi connectivity index (χ0) is 16.0. The summed E-state index contributed by atoms with van der Waals surface area (Å²) < 4.78 is 2.62. The van der Waals surface area contributed by atoms with E-state index in [9.17, 15) is 9.59 Å². The van der Waals surface area contributed by atoms with Crippen LogP contribution in [-0.4, -0.2) is 63.7 Å². The average Bonchev–Trinajstić information content (AvgIpc) is 3.10. The Kier molecular flexibility index (Phi) is 3.37. The van der Waals surface area contributed by atoms with Crippen LogP contribution in [0, 0.1) is 0 Å². The van der Waals surface area contributed by atoms with Crippen molar-refractivity contribution in [3.63, 3.8) is 0 Å². The lowest BCUT2D eigenvalue weighted by Gasteiger charge is -2.36. The Morgan fingerprint density at radius 3 is 3.13 bits per heavy atom. The molecule has 4 heterocycles. The van der Waals surface area contributed by atoms with Crippen molar-refractivity contribution < 1.29 is 9.59 Å². The van der Waals surface area contributed by atoms with Crippen LogP contribution < -0.4 is 10.6 Å². The summed E-state index contributed by atoms with van der Waals surface area (Å²) in [4.78, 5) is 27.5. The number of piperazine rings is 1. The first kappa shape index (κ1) is 14.3. The quantitative estimate of drug-likeness (QED) is 0.785. The van der Waals surface area contributed by atoms with E-state index in [1.54, 1.807) is 14.3 Å². The van der Waals surface area contributed by atoms with Gasteiger partial charge in [-0.05, 0) is 28.1 Å². The van der Waals surface area contributed by atoms with Gasteiger partial charge in [-0.3, -0.25) is 5.32 Å². The molecule has 9 heteroatoms. The minimum Gasteiger partial charge on any atom is -0.336 e. The normalized spacial score (nSPS) is 20.6. The van der Waals surface area contributed by atoms with Crippen molar-refractivity contribution in [2.24, 2.45) is 0 Å². The van der Waals surface area contributed by atoms with Crippen LogP contribution in [0.15, 0.2) is 28.9 Å². The largest absolute Gasteiger partial charge is 0.336 e. The fraction of sp³-hybridized carbons (Fsp3) is 0.357. The van der Waals surface area contributed by atoms with Crippen LogP contribution in [0.25, 0.3) is 5.52 Å². The van der Waals surface area contributed by atoms with E-state index in [2.05, 4.69) is 31.7 Å². The number of fused-ring (bicyclic) bond motifs is 2. The molecule has 0 spiro atoms. The SMILES string of the molecule is O=C(Nc1cc2ccc(Br)cn2n1)N1CCN2C(=O)NCC2C1. The Bertz CT molecular complexity index is 791. The van der Waals surface area contributed by atoms with Crippen molar-refractivity contribution in [2.75, 3.05) is 31.5 Å². The highest BCUT2D eigenvalue weighted by Gasteiger charge is 2.36. The third kappa shape index (κ3) is 2.61. The Morgan fingerprint density at radius 1 is 1.39 bits per heavy atom. The Balaban J connectivity index is 1.45. The number of hydrogen-bond acceptors (Lipinski definition) is 3. The van der Waals surface area contributed by atoms with Crippen LogP contribution in [0.1, 0.15) is 0 Å². The molecule has 8 nitrogen and oxygen atoms in total. The van der Waals surface area contributed by atoms with E-state index < -0.39 is 0 Å². The monoisotopic (exact) mass is 378 g/mol. The predicted molar refractivity (Wildman–Crippen MR) is 87.4 cm³/mol. The van der Waals surface area contributed by atoms with Crippen LogP contribution >= 0.6 is 15.9 Å². The Hall–Kier alpha value is -2.29. The van der Waals surface area contributed by atoms with E-state index >= 15 is 0 Å². The van der Waals surface area contributed by atoms with Crippen LogP contribution in [-0.2, 0) is 0 Å². The molecule has 4 amide bonds. The molecule has 0 saturated carbocycles. The molecule has 4 rings (SSSR count). The number of anilines is 1. The van der Waals surface area contributed by atoms with Crippen LogP contribution in [0.3, 0.4) is 0 Å². The second-order valence-electron chi connectivity index (χ2n) is 5.66. The summed E-state index contributed by atoms with van der Waals surface area (Å²) in [6, 6.07) is 5.49. The molecule has 2 aliphatic rings. The molecule has 0 aromatic carbocycles. The molecule has 1 atom stereocenters. The molecule has 0 aliphatic carbocycles. The van der Waals surface area contributed by atoms with E-state index in [-0.39, 0.29) is 18.1 Å². The lowest BCUT2D eigenvalue weighted by molar-refractivity contribution is 0.136. The summed E-state index contributed by atoms with van der Waals surface area (Å²) >= 11 is 3.39. The predicted octanol–water partition coefficient (Wildman–Crippen LogP) is 1.34. The molecule has 120 valence electrons. The molecular weight excluding hydrogens is 364 g/mol. The number of carbonyl (C=O) groups excluding carboxylic acids is 2. The molecule has 2 aromatic heterocycles.